The van der Waals surface area contributed by atoms with Crippen LogP contribution in [0.2, 0.25) is 0 Å². The van der Waals surface area contributed by atoms with Crippen LogP contribution in [0.5, 0.6) is 0 Å². The van der Waals surface area contributed by atoms with Gasteiger partial charge < -0.3 is 15.7 Å². The zero-order chi connectivity index (χ0) is 15.1. The van der Waals surface area contributed by atoms with Crippen LogP contribution in [0.15, 0.2) is 48.8 Å². The molecule has 1 aromatic heterocycles. The predicted octanol–water partition coefficient (Wildman–Crippen LogP) is 2.13. The van der Waals surface area contributed by atoms with Crippen molar-refractivity contribution in [3.8, 4) is 0 Å². The average Bonchev–Trinajstić information content (AvgIpc) is 2.54. The second-order valence-corrected chi connectivity index (χ2v) is 4.76. The molecular weight excluding hydrogens is 266 g/mol. The van der Waals surface area contributed by atoms with E-state index in [2.05, 4.69) is 15.6 Å². The number of nitrogens with one attached hydrogen (secondary N) is 2. The van der Waals surface area contributed by atoms with Crippen LogP contribution < -0.4 is 10.6 Å². The van der Waals surface area contributed by atoms with Crippen LogP contribution in [0.1, 0.15) is 29.7 Å². The Labute approximate surface area is 124 Å². The van der Waals surface area contributed by atoms with E-state index in [1.807, 2.05) is 43.3 Å². The number of amides is 2. The van der Waals surface area contributed by atoms with Gasteiger partial charge in [-0.05, 0) is 35.7 Å². The van der Waals surface area contributed by atoms with Crippen LogP contribution in [0.25, 0.3) is 0 Å². The third kappa shape index (κ3) is 4.29. The molecule has 0 saturated heterocycles. The molecule has 5 heteroatoms. The van der Waals surface area contributed by atoms with Crippen LogP contribution >= 0.6 is 0 Å². The molecule has 1 atom stereocenters. The van der Waals surface area contributed by atoms with Gasteiger partial charge in [0.25, 0.3) is 0 Å². The highest BCUT2D eigenvalue weighted by Gasteiger charge is 2.09. The zero-order valence-corrected chi connectivity index (χ0v) is 11.9. The monoisotopic (exact) mass is 285 g/mol. The lowest BCUT2D eigenvalue weighted by atomic mass is 10.1. The van der Waals surface area contributed by atoms with Crippen LogP contribution in [0.4, 0.5) is 4.79 Å². The molecule has 5 nitrogen and oxygen atoms in total. The number of nitrogens with zero attached hydrogens (tertiary/aromatic N) is 1. The van der Waals surface area contributed by atoms with Crippen LogP contribution in [0.3, 0.4) is 0 Å². The number of aromatic nitrogens is 1. The molecule has 1 aromatic carbocycles. The average molecular weight is 285 g/mol. The fourth-order valence-corrected chi connectivity index (χ4v) is 2.04. The second-order valence-electron chi connectivity index (χ2n) is 4.76. The number of aliphatic hydroxyl groups excluding tert-OH is 1. The molecule has 110 valence electrons. The predicted molar refractivity (Wildman–Crippen MR) is 80.4 cm³/mol. The largest absolute Gasteiger partial charge is 0.392 e. The van der Waals surface area contributed by atoms with Crippen LogP contribution in [-0.2, 0) is 13.2 Å². The van der Waals surface area contributed by atoms with Crippen molar-refractivity contribution in [2.24, 2.45) is 0 Å². The van der Waals surface area contributed by atoms with Crippen molar-refractivity contribution in [1.29, 1.82) is 0 Å². The lowest BCUT2D eigenvalue weighted by Crippen LogP contribution is -2.36. The fraction of sp³-hybridized carbons (Fsp3) is 0.250. The van der Waals surface area contributed by atoms with Crippen molar-refractivity contribution in [2.45, 2.75) is 26.1 Å². The van der Waals surface area contributed by atoms with E-state index < -0.39 is 0 Å². The maximum atomic E-state index is 11.9. The minimum Gasteiger partial charge on any atom is -0.392 e. The number of aliphatic hydroxyl groups is 1. The summed E-state index contributed by atoms with van der Waals surface area (Å²) in [6, 6.07) is 10.9. The zero-order valence-electron chi connectivity index (χ0n) is 11.9. The number of carbonyl (C=O) groups excluding carboxylic acids is 1. The second kappa shape index (κ2) is 7.40. The third-order valence-electron chi connectivity index (χ3n) is 3.28. The van der Waals surface area contributed by atoms with Crippen LogP contribution in [-0.4, -0.2) is 16.1 Å². The normalized spacial score (nSPS) is 11.7. The summed E-state index contributed by atoms with van der Waals surface area (Å²) in [6.45, 7) is 2.26. The number of hydrogen-bond acceptors (Lipinski definition) is 3. The van der Waals surface area contributed by atoms with E-state index >= 15 is 0 Å². The van der Waals surface area contributed by atoms with Crippen LogP contribution in [0, 0.1) is 0 Å². The molecule has 0 radical (unpaired) electrons. The number of rotatable bonds is 5. The molecule has 1 unspecified atom stereocenters. The number of urea groups is 1. The first-order chi connectivity index (χ1) is 10.2. The van der Waals surface area contributed by atoms with Gasteiger partial charge in [-0.2, -0.15) is 0 Å². The van der Waals surface area contributed by atoms with E-state index in [0.717, 1.165) is 16.7 Å². The van der Waals surface area contributed by atoms with E-state index in [0.29, 0.717) is 6.54 Å². The minimum absolute atomic E-state index is 0.0348. The molecule has 0 aliphatic rings. The summed E-state index contributed by atoms with van der Waals surface area (Å²) < 4.78 is 0. The molecule has 0 aliphatic heterocycles. The Morgan fingerprint density at radius 2 is 1.86 bits per heavy atom. The molecular formula is C16H19N3O2. The lowest BCUT2D eigenvalue weighted by molar-refractivity contribution is 0.237. The first-order valence-corrected chi connectivity index (χ1v) is 6.82. The van der Waals surface area contributed by atoms with Crippen molar-refractivity contribution >= 4 is 6.03 Å². The molecule has 0 spiro atoms. The highest BCUT2D eigenvalue weighted by Crippen LogP contribution is 2.10. The van der Waals surface area contributed by atoms with Gasteiger partial charge in [0.05, 0.1) is 12.6 Å². The van der Waals surface area contributed by atoms with Gasteiger partial charge in [-0.15, -0.1) is 0 Å². The Kier molecular flexibility index (Phi) is 5.29. The fourth-order valence-electron chi connectivity index (χ4n) is 2.04. The van der Waals surface area contributed by atoms with E-state index in [-0.39, 0.29) is 18.7 Å². The van der Waals surface area contributed by atoms with Gasteiger partial charge in [0.15, 0.2) is 0 Å². The lowest BCUT2D eigenvalue weighted by Gasteiger charge is -2.15. The maximum Gasteiger partial charge on any atom is 0.315 e. The first kappa shape index (κ1) is 15.0. The number of pyridine rings is 1. The van der Waals surface area contributed by atoms with Gasteiger partial charge in [-0.1, -0.05) is 24.3 Å². The standard InChI is InChI=1S/C16H19N3O2/c1-12(13-6-8-17-9-7-13)19-16(21)18-10-14-4-2-3-5-15(14)11-20/h2-9,12,20H,10-11H2,1H3,(H2,18,19,21). The van der Waals surface area contributed by atoms with Crippen molar-refractivity contribution < 1.29 is 9.90 Å². The minimum atomic E-state index is -0.243. The summed E-state index contributed by atoms with van der Waals surface area (Å²) >= 11 is 0. The molecule has 2 aromatic rings. The number of carbonyl (C=O) groups is 1. The summed E-state index contributed by atoms with van der Waals surface area (Å²) in [6.07, 6.45) is 3.39. The van der Waals surface area contributed by atoms with E-state index in [1.54, 1.807) is 12.4 Å². The van der Waals surface area contributed by atoms with Crippen molar-refractivity contribution in [2.75, 3.05) is 0 Å². The smallest absolute Gasteiger partial charge is 0.315 e. The first-order valence-electron chi connectivity index (χ1n) is 6.82. The molecule has 1 heterocycles. The Morgan fingerprint density at radius 3 is 2.52 bits per heavy atom. The summed E-state index contributed by atoms with van der Waals surface area (Å²) in [5.41, 5.74) is 2.72. The molecule has 0 aliphatic carbocycles. The molecule has 21 heavy (non-hydrogen) atoms. The van der Waals surface area contributed by atoms with Gasteiger partial charge in [0.1, 0.15) is 0 Å². The topological polar surface area (TPSA) is 74.2 Å². The van der Waals surface area contributed by atoms with E-state index in [1.165, 1.54) is 0 Å². The quantitative estimate of drug-likeness (QED) is 0.788. The number of hydrogen-bond donors (Lipinski definition) is 3. The van der Waals surface area contributed by atoms with Gasteiger partial charge in [0, 0.05) is 18.9 Å². The molecule has 2 amide bonds. The summed E-state index contributed by atoms with van der Waals surface area (Å²) in [5, 5.41) is 14.9. The van der Waals surface area contributed by atoms with Crippen molar-refractivity contribution in [1.82, 2.24) is 15.6 Å². The Bertz CT molecular complexity index is 587. The van der Waals surface area contributed by atoms with Gasteiger partial charge >= 0.3 is 6.03 Å². The Morgan fingerprint density at radius 1 is 1.19 bits per heavy atom. The van der Waals surface area contributed by atoms with Crippen molar-refractivity contribution in [3.63, 3.8) is 0 Å². The van der Waals surface area contributed by atoms with E-state index in [9.17, 15) is 9.90 Å². The molecule has 2 rings (SSSR count). The molecule has 0 saturated carbocycles. The van der Waals surface area contributed by atoms with Gasteiger partial charge in [-0.3, -0.25) is 4.98 Å². The summed E-state index contributed by atoms with van der Waals surface area (Å²) in [5.74, 6) is 0. The third-order valence-corrected chi connectivity index (χ3v) is 3.28. The van der Waals surface area contributed by atoms with Gasteiger partial charge in [-0.25, -0.2) is 4.79 Å². The Balaban J connectivity index is 1.88. The van der Waals surface area contributed by atoms with E-state index in [4.69, 9.17) is 0 Å². The molecule has 3 N–H and O–H groups in total. The highest BCUT2D eigenvalue weighted by molar-refractivity contribution is 5.74. The summed E-state index contributed by atoms with van der Waals surface area (Å²) in [7, 11) is 0. The summed E-state index contributed by atoms with van der Waals surface area (Å²) in [4.78, 5) is 15.8. The number of benzene rings is 1. The highest BCUT2D eigenvalue weighted by atomic mass is 16.3. The molecule has 0 fully saturated rings. The SMILES string of the molecule is CC(NC(=O)NCc1ccccc1CO)c1ccncc1. The van der Waals surface area contributed by atoms with Crippen molar-refractivity contribution in [3.05, 3.63) is 65.5 Å². The van der Waals surface area contributed by atoms with Gasteiger partial charge in [0.2, 0.25) is 0 Å². The maximum absolute atomic E-state index is 11.9. The Hall–Kier alpha value is -2.40. The molecule has 0 bridgehead atoms.